The highest BCUT2D eigenvalue weighted by molar-refractivity contribution is 6.31. The second-order valence-corrected chi connectivity index (χ2v) is 5.35. The average molecular weight is 337 g/mol. The molecular weight excluding hydrogens is 323 g/mol. The van der Waals surface area contributed by atoms with Gasteiger partial charge in [0, 0.05) is 18.2 Å². The van der Waals surface area contributed by atoms with E-state index in [4.69, 9.17) is 16.3 Å². The standard InChI is InChI=1S/C16H14ClFN2O3/c1-2-23-16(22)13-14(11-4-3-5-19-11)20-12-7-9(17)10(18)6-8(12)15(13)21/h3-7,16,19,22H,2H2,1H3,(H,20,21). The summed E-state index contributed by atoms with van der Waals surface area (Å²) in [6.45, 7) is 1.92. The molecule has 2 aromatic heterocycles. The van der Waals surface area contributed by atoms with Crippen LogP contribution < -0.4 is 5.43 Å². The highest BCUT2D eigenvalue weighted by Crippen LogP contribution is 2.28. The molecule has 3 aromatic rings. The van der Waals surface area contributed by atoms with Gasteiger partial charge in [-0.2, -0.15) is 0 Å². The summed E-state index contributed by atoms with van der Waals surface area (Å²) in [6.07, 6.45) is 0.261. The van der Waals surface area contributed by atoms with Gasteiger partial charge in [0.05, 0.1) is 27.5 Å². The third kappa shape index (κ3) is 2.76. The van der Waals surface area contributed by atoms with E-state index in [1.54, 1.807) is 25.3 Å². The van der Waals surface area contributed by atoms with Crippen LogP contribution >= 0.6 is 11.6 Å². The number of aliphatic hydroxyl groups excluding tert-OH is 1. The van der Waals surface area contributed by atoms with Crippen molar-refractivity contribution in [3.63, 3.8) is 0 Å². The molecule has 1 atom stereocenters. The summed E-state index contributed by atoms with van der Waals surface area (Å²) >= 11 is 5.79. The van der Waals surface area contributed by atoms with Gasteiger partial charge in [-0.25, -0.2) is 4.39 Å². The molecule has 0 saturated heterocycles. The highest BCUT2D eigenvalue weighted by Gasteiger charge is 2.22. The molecule has 7 heteroatoms. The molecule has 0 radical (unpaired) electrons. The summed E-state index contributed by atoms with van der Waals surface area (Å²) in [6, 6.07) is 5.89. The van der Waals surface area contributed by atoms with E-state index in [0.29, 0.717) is 16.9 Å². The number of rotatable bonds is 4. The van der Waals surface area contributed by atoms with Gasteiger partial charge in [-0.15, -0.1) is 0 Å². The largest absolute Gasteiger partial charge is 0.364 e. The van der Waals surface area contributed by atoms with Crippen LogP contribution in [0, 0.1) is 5.82 Å². The van der Waals surface area contributed by atoms with Gasteiger partial charge in [-0.05, 0) is 31.2 Å². The number of fused-ring (bicyclic) bond motifs is 1. The van der Waals surface area contributed by atoms with Gasteiger partial charge in [0.15, 0.2) is 11.7 Å². The van der Waals surface area contributed by atoms with E-state index in [0.717, 1.165) is 6.07 Å². The van der Waals surface area contributed by atoms with Crippen LogP contribution in [0.4, 0.5) is 4.39 Å². The number of halogens is 2. The normalized spacial score (nSPS) is 12.7. The number of pyridine rings is 1. The maximum absolute atomic E-state index is 13.7. The maximum Gasteiger partial charge on any atom is 0.198 e. The third-order valence-electron chi connectivity index (χ3n) is 3.52. The van der Waals surface area contributed by atoms with E-state index in [9.17, 15) is 14.3 Å². The van der Waals surface area contributed by atoms with Crippen molar-refractivity contribution in [3.05, 3.63) is 57.1 Å². The zero-order valence-corrected chi connectivity index (χ0v) is 12.9. The highest BCUT2D eigenvalue weighted by atomic mass is 35.5. The fraction of sp³-hybridized carbons (Fsp3) is 0.188. The van der Waals surface area contributed by atoms with E-state index < -0.39 is 17.5 Å². The Hall–Kier alpha value is -2.15. The molecule has 0 saturated carbocycles. The van der Waals surface area contributed by atoms with Crippen molar-refractivity contribution in [2.24, 2.45) is 0 Å². The summed E-state index contributed by atoms with van der Waals surface area (Å²) in [5, 5.41) is 10.2. The van der Waals surface area contributed by atoms with Crippen LogP contribution in [0.25, 0.3) is 22.3 Å². The number of H-pyrrole nitrogens is 2. The van der Waals surface area contributed by atoms with E-state index in [2.05, 4.69) is 9.97 Å². The molecule has 2 heterocycles. The topological polar surface area (TPSA) is 78.1 Å². The summed E-state index contributed by atoms with van der Waals surface area (Å²) in [5.41, 5.74) is 0.844. The minimum Gasteiger partial charge on any atom is -0.364 e. The van der Waals surface area contributed by atoms with Gasteiger partial charge in [-0.1, -0.05) is 11.6 Å². The van der Waals surface area contributed by atoms with Crippen LogP contribution in [0.1, 0.15) is 18.8 Å². The lowest BCUT2D eigenvalue weighted by Gasteiger charge is -2.15. The molecule has 0 aliphatic carbocycles. The fourth-order valence-corrected chi connectivity index (χ4v) is 2.64. The lowest BCUT2D eigenvalue weighted by molar-refractivity contribution is -0.0982. The molecule has 3 N–H and O–H groups in total. The number of aromatic nitrogens is 2. The SMILES string of the molecule is CCOC(O)c1c(-c2ccc[nH]2)[nH]c2cc(Cl)c(F)cc2c1=O. The Bertz CT molecular complexity index is 906. The van der Waals surface area contributed by atoms with Crippen molar-refractivity contribution >= 4 is 22.5 Å². The number of benzene rings is 1. The Morgan fingerprint density at radius 2 is 2.22 bits per heavy atom. The summed E-state index contributed by atoms with van der Waals surface area (Å²) < 4.78 is 18.9. The molecule has 5 nitrogen and oxygen atoms in total. The van der Waals surface area contributed by atoms with Crippen molar-refractivity contribution in [2.75, 3.05) is 6.61 Å². The number of hydrogen-bond donors (Lipinski definition) is 3. The van der Waals surface area contributed by atoms with Crippen LogP contribution in [-0.2, 0) is 4.74 Å². The number of hydrogen-bond acceptors (Lipinski definition) is 3. The first-order chi connectivity index (χ1) is 11.0. The van der Waals surface area contributed by atoms with E-state index >= 15 is 0 Å². The van der Waals surface area contributed by atoms with Crippen molar-refractivity contribution < 1.29 is 14.2 Å². The Balaban J connectivity index is 2.37. The predicted octanol–water partition coefficient (Wildman–Crippen LogP) is 3.34. The van der Waals surface area contributed by atoms with Gasteiger partial charge in [0.1, 0.15) is 5.82 Å². The molecule has 0 spiro atoms. The predicted molar refractivity (Wildman–Crippen MR) is 85.9 cm³/mol. The fourth-order valence-electron chi connectivity index (χ4n) is 2.47. The Labute approximate surface area is 135 Å². The molecule has 23 heavy (non-hydrogen) atoms. The molecule has 0 bridgehead atoms. The average Bonchev–Trinajstić information content (AvgIpc) is 3.03. The van der Waals surface area contributed by atoms with Crippen LogP contribution in [-0.4, -0.2) is 21.7 Å². The van der Waals surface area contributed by atoms with Gasteiger partial charge in [-0.3, -0.25) is 4.79 Å². The Kier molecular flexibility index (Phi) is 4.21. The molecule has 0 aliphatic heterocycles. The lowest BCUT2D eigenvalue weighted by atomic mass is 10.1. The molecule has 1 aromatic carbocycles. The zero-order valence-electron chi connectivity index (χ0n) is 12.2. The minimum atomic E-state index is -1.43. The zero-order chi connectivity index (χ0) is 16.6. The van der Waals surface area contributed by atoms with Crippen LogP contribution in [0.3, 0.4) is 0 Å². The number of nitrogens with one attached hydrogen (secondary N) is 2. The molecular formula is C16H14ClFN2O3. The third-order valence-corrected chi connectivity index (χ3v) is 3.81. The molecule has 120 valence electrons. The van der Waals surface area contributed by atoms with Gasteiger partial charge in [0.2, 0.25) is 0 Å². The van der Waals surface area contributed by atoms with Crippen LogP contribution in [0.15, 0.2) is 35.3 Å². The van der Waals surface area contributed by atoms with E-state index in [1.807, 2.05) is 0 Å². The van der Waals surface area contributed by atoms with Gasteiger partial charge < -0.3 is 19.8 Å². The van der Waals surface area contributed by atoms with E-state index in [-0.39, 0.29) is 22.6 Å². The number of aliphatic hydroxyl groups is 1. The lowest BCUT2D eigenvalue weighted by Crippen LogP contribution is -2.19. The second-order valence-electron chi connectivity index (χ2n) is 4.95. The maximum atomic E-state index is 13.7. The number of aromatic amines is 2. The molecule has 0 aliphatic rings. The quantitative estimate of drug-likeness (QED) is 0.639. The van der Waals surface area contributed by atoms with Crippen LogP contribution in [0.5, 0.6) is 0 Å². The second kappa shape index (κ2) is 6.16. The summed E-state index contributed by atoms with van der Waals surface area (Å²) in [5.74, 6) is -0.700. The summed E-state index contributed by atoms with van der Waals surface area (Å²) in [7, 11) is 0. The Morgan fingerprint density at radius 3 is 2.87 bits per heavy atom. The van der Waals surface area contributed by atoms with Crippen molar-refractivity contribution in [2.45, 2.75) is 13.2 Å². The first-order valence-electron chi connectivity index (χ1n) is 7.01. The minimum absolute atomic E-state index is 0.0172. The molecule has 0 amide bonds. The van der Waals surface area contributed by atoms with Gasteiger partial charge in [0.25, 0.3) is 0 Å². The molecule has 0 fully saturated rings. The van der Waals surface area contributed by atoms with Crippen LogP contribution in [0.2, 0.25) is 5.02 Å². The summed E-state index contributed by atoms with van der Waals surface area (Å²) in [4.78, 5) is 18.7. The molecule has 1 unspecified atom stereocenters. The van der Waals surface area contributed by atoms with Gasteiger partial charge >= 0.3 is 0 Å². The first-order valence-corrected chi connectivity index (χ1v) is 7.39. The number of ether oxygens (including phenoxy) is 1. The monoisotopic (exact) mass is 336 g/mol. The smallest absolute Gasteiger partial charge is 0.198 e. The van der Waals surface area contributed by atoms with Crippen molar-refractivity contribution in [3.8, 4) is 11.4 Å². The van der Waals surface area contributed by atoms with E-state index in [1.165, 1.54) is 6.07 Å². The Morgan fingerprint density at radius 1 is 1.43 bits per heavy atom. The van der Waals surface area contributed by atoms with Crippen molar-refractivity contribution in [1.29, 1.82) is 0 Å². The first kappa shape index (κ1) is 15.7. The van der Waals surface area contributed by atoms with Crippen molar-refractivity contribution in [1.82, 2.24) is 9.97 Å². The molecule has 3 rings (SSSR count).